The minimum absolute atomic E-state index is 0. The Morgan fingerprint density at radius 3 is 1.21 bits per heavy atom. The number of hydrogen-bond acceptors (Lipinski definition) is 1. The van der Waals surface area contributed by atoms with Crippen LogP contribution in [-0.2, 0) is 4.79 Å². The zero-order chi connectivity index (χ0) is 9.36. The molecule has 1 rings (SSSR count). The molecule has 0 heterocycles. The molecule has 1 saturated carbocycles. The lowest BCUT2D eigenvalue weighted by Crippen LogP contribution is -1.98. The number of Topliss-reactive ketones (excluding diaryl/α,β-unsaturated/α-hetero) is 1. The second-order valence-corrected chi connectivity index (χ2v) is 4.22. The van der Waals surface area contributed by atoms with Gasteiger partial charge in [-0.25, -0.2) is 0 Å². The highest BCUT2D eigenvalue weighted by atomic mass is 16.1. The van der Waals surface area contributed by atoms with Gasteiger partial charge < -0.3 is 5.48 Å². The second kappa shape index (κ2) is 9.20. The van der Waals surface area contributed by atoms with Gasteiger partial charge in [-0.15, -0.1) is 0 Å². The molecule has 0 aromatic rings. The summed E-state index contributed by atoms with van der Waals surface area (Å²) in [6.07, 6.45) is 13.4. The van der Waals surface area contributed by atoms with Gasteiger partial charge in [-0.05, 0) is 12.8 Å². The molecule has 2 heteroatoms. The van der Waals surface area contributed by atoms with Gasteiger partial charge in [0.2, 0.25) is 0 Å². The summed E-state index contributed by atoms with van der Waals surface area (Å²) in [6, 6.07) is 0. The van der Waals surface area contributed by atoms with Gasteiger partial charge in [0, 0.05) is 12.8 Å². The molecule has 0 aromatic carbocycles. The first-order valence-corrected chi connectivity index (χ1v) is 5.91. The molecule has 1 aliphatic rings. The summed E-state index contributed by atoms with van der Waals surface area (Å²) >= 11 is 0. The van der Waals surface area contributed by atoms with Crippen LogP contribution in [0.4, 0.5) is 0 Å². The standard InChI is InChI=1S/C12H22O.H2O/c13-12-10-8-6-4-2-1-3-5-7-9-11-12;/h1-11H2;1H2. The Hall–Kier alpha value is -0.370. The van der Waals surface area contributed by atoms with Crippen molar-refractivity contribution in [2.45, 2.75) is 70.6 Å². The molecule has 0 radical (unpaired) electrons. The fourth-order valence-electron chi connectivity index (χ4n) is 2.01. The number of carbonyl (C=O) groups is 1. The maximum Gasteiger partial charge on any atom is 0.132 e. The molecule has 0 amide bonds. The summed E-state index contributed by atoms with van der Waals surface area (Å²) < 4.78 is 0. The summed E-state index contributed by atoms with van der Waals surface area (Å²) in [4.78, 5) is 11.3. The van der Waals surface area contributed by atoms with E-state index in [0.717, 1.165) is 25.7 Å². The van der Waals surface area contributed by atoms with Crippen LogP contribution in [-0.4, -0.2) is 11.3 Å². The molecule has 0 unspecified atom stereocenters. The van der Waals surface area contributed by atoms with Crippen molar-refractivity contribution in [3.8, 4) is 0 Å². The van der Waals surface area contributed by atoms with Crippen molar-refractivity contribution in [2.24, 2.45) is 0 Å². The molecule has 84 valence electrons. The fraction of sp³-hybridized carbons (Fsp3) is 0.917. The Balaban J connectivity index is 0.00000169. The third kappa shape index (κ3) is 7.07. The minimum Gasteiger partial charge on any atom is -0.412 e. The molecule has 1 fully saturated rings. The molecule has 1 aliphatic carbocycles. The largest absolute Gasteiger partial charge is 0.412 e. The molecule has 0 aromatic heterocycles. The van der Waals surface area contributed by atoms with E-state index in [1.54, 1.807) is 0 Å². The summed E-state index contributed by atoms with van der Waals surface area (Å²) in [7, 11) is 0. The Bertz CT molecular complexity index is 129. The van der Waals surface area contributed by atoms with Crippen molar-refractivity contribution >= 4 is 5.78 Å². The van der Waals surface area contributed by atoms with Crippen LogP contribution >= 0.6 is 0 Å². The molecule has 0 saturated heterocycles. The normalized spacial score (nSPS) is 21.6. The van der Waals surface area contributed by atoms with Gasteiger partial charge in [0.05, 0.1) is 0 Å². The van der Waals surface area contributed by atoms with E-state index in [9.17, 15) is 4.79 Å². The van der Waals surface area contributed by atoms with Crippen LogP contribution in [0.3, 0.4) is 0 Å². The Morgan fingerprint density at radius 2 is 0.857 bits per heavy atom. The third-order valence-electron chi connectivity index (χ3n) is 2.91. The van der Waals surface area contributed by atoms with Crippen molar-refractivity contribution < 1.29 is 10.3 Å². The molecule has 2 nitrogen and oxygen atoms in total. The molecular formula is C12H24O2. The molecule has 0 spiro atoms. The highest BCUT2D eigenvalue weighted by molar-refractivity contribution is 5.78. The minimum atomic E-state index is 0. The zero-order valence-corrected chi connectivity index (χ0v) is 9.19. The summed E-state index contributed by atoms with van der Waals surface area (Å²) in [5, 5.41) is 0. The van der Waals surface area contributed by atoms with Crippen molar-refractivity contribution in [1.82, 2.24) is 0 Å². The summed E-state index contributed by atoms with van der Waals surface area (Å²) in [6.45, 7) is 0. The van der Waals surface area contributed by atoms with E-state index in [0.29, 0.717) is 5.78 Å². The summed E-state index contributed by atoms with van der Waals surface area (Å²) in [5.41, 5.74) is 0. The Labute approximate surface area is 87.4 Å². The molecule has 14 heavy (non-hydrogen) atoms. The lowest BCUT2D eigenvalue weighted by Gasteiger charge is -2.05. The first-order chi connectivity index (χ1) is 6.39. The maximum atomic E-state index is 11.3. The molecule has 0 bridgehead atoms. The number of ketones is 1. The van der Waals surface area contributed by atoms with Crippen LogP contribution in [0.1, 0.15) is 70.6 Å². The lowest BCUT2D eigenvalue weighted by atomic mass is 10.0. The Kier molecular flexibility index (Phi) is 8.95. The highest BCUT2D eigenvalue weighted by Gasteiger charge is 2.02. The number of carbonyl (C=O) groups excluding carboxylic acids is 1. The SMILES string of the molecule is O.O=C1CCCCCCCCCCC1. The van der Waals surface area contributed by atoms with Crippen molar-refractivity contribution in [3.05, 3.63) is 0 Å². The van der Waals surface area contributed by atoms with Gasteiger partial charge in [0.1, 0.15) is 5.78 Å². The van der Waals surface area contributed by atoms with Crippen molar-refractivity contribution in [1.29, 1.82) is 0 Å². The van der Waals surface area contributed by atoms with Gasteiger partial charge in [-0.3, -0.25) is 4.79 Å². The van der Waals surface area contributed by atoms with E-state index in [1.807, 2.05) is 0 Å². The van der Waals surface area contributed by atoms with Gasteiger partial charge >= 0.3 is 0 Å². The topological polar surface area (TPSA) is 48.6 Å². The van der Waals surface area contributed by atoms with Crippen LogP contribution in [0.25, 0.3) is 0 Å². The molecule has 2 N–H and O–H groups in total. The number of hydrogen-bond donors (Lipinski definition) is 0. The summed E-state index contributed by atoms with van der Waals surface area (Å²) in [5.74, 6) is 0.501. The van der Waals surface area contributed by atoms with Gasteiger partial charge in [-0.2, -0.15) is 0 Å². The van der Waals surface area contributed by atoms with Crippen LogP contribution in [0.15, 0.2) is 0 Å². The first-order valence-electron chi connectivity index (χ1n) is 5.91. The first kappa shape index (κ1) is 13.6. The fourth-order valence-corrected chi connectivity index (χ4v) is 2.01. The predicted octanol–water partition coefficient (Wildman–Crippen LogP) is 3.04. The monoisotopic (exact) mass is 200 g/mol. The average molecular weight is 200 g/mol. The Morgan fingerprint density at radius 1 is 0.571 bits per heavy atom. The number of rotatable bonds is 0. The van der Waals surface area contributed by atoms with E-state index in [4.69, 9.17) is 0 Å². The molecule has 0 aliphatic heterocycles. The predicted molar refractivity (Wildman–Crippen MR) is 59.4 cm³/mol. The van der Waals surface area contributed by atoms with E-state index in [2.05, 4.69) is 0 Å². The van der Waals surface area contributed by atoms with Gasteiger partial charge in [-0.1, -0.05) is 44.9 Å². The third-order valence-corrected chi connectivity index (χ3v) is 2.91. The van der Waals surface area contributed by atoms with Crippen LogP contribution < -0.4 is 0 Å². The van der Waals surface area contributed by atoms with E-state index >= 15 is 0 Å². The van der Waals surface area contributed by atoms with Crippen molar-refractivity contribution in [2.75, 3.05) is 0 Å². The molecular weight excluding hydrogens is 176 g/mol. The van der Waals surface area contributed by atoms with Crippen LogP contribution in [0.2, 0.25) is 0 Å². The zero-order valence-electron chi connectivity index (χ0n) is 9.19. The van der Waals surface area contributed by atoms with Crippen LogP contribution in [0.5, 0.6) is 0 Å². The van der Waals surface area contributed by atoms with Crippen LogP contribution in [0, 0.1) is 0 Å². The van der Waals surface area contributed by atoms with Crippen molar-refractivity contribution in [3.63, 3.8) is 0 Å². The lowest BCUT2D eigenvalue weighted by molar-refractivity contribution is -0.119. The van der Waals surface area contributed by atoms with Gasteiger partial charge in [0.25, 0.3) is 0 Å². The quantitative estimate of drug-likeness (QED) is 0.593. The van der Waals surface area contributed by atoms with E-state index in [1.165, 1.54) is 44.9 Å². The highest BCUT2D eigenvalue weighted by Crippen LogP contribution is 2.14. The second-order valence-electron chi connectivity index (χ2n) is 4.22. The van der Waals surface area contributed by atoms with E-state index < -0.39 is 0 Å². The maximum absolute atomic E-state index is 11.3. The smallest absolute Gasteiger partial charge is 0.132 e. The molecule has 0 atom stereocenters. The van der Waals surface area contributed by atoms with Gasteiger partial charge in [0.15, 0.2) is 0 Å². The van der Waals surface area contributed by atoms with E-state index in [-0.39, 0.29) is 5.48 Å². The average Bonchev–Trinajstić information content (AvgIpc) is 2.11.